The zero-order chi connectivity index (χ0) is 15.3. The van der Waals surface area contributed by atoms with Crippen LogP contribution in [0.2, 0.25) is 5.02 Å². The van der Waals surface area contributed by atoms with Crippen molar-refractivity contribution < 1.29 is 18.3 Å². The number of carboxylic acid groups (broad SMARTS) is 1. The number of rotatable bonds is 8. The molecule has 0 saturated carbocycles. The quantitative estimate of drug-likeness (QED) is 0.749. The summed E-state index contributed by atoms with van der Waals surface area (Å²) >= 11 is 5.79. The first kappa shape index (κ1) is 16.9. The van der Waals surface area contributed by atoms with Gasteiger partial charge in [-0.25, -0.2) is 13.1 Å². The minimum atomic E-state index is -3.70. The average molecular weight is 324 g/mol. The molecule has 0 aliphatic rings. The van der Waals surface area contributed by atoms with Crippen LogP contribution in [0.4, 0.5) is 0 Å². The summed E-state index contributed by atoms with van der Waals surface area (Å²) in [5.41, 5.74) is 0. The van der Waals surface area contributed by atoms with Gasteiger partial charge >= 0.3 is 5.97 Å². The molecular formula is C11H18ClN3O4S. The third kappa shape index (κ3) is 4.77. The number of sulfonamides is 1. The summed E-state index contributed by atoms with van der Waals surface area (Å²) in [7, 11) is -2.21. The number of nitrogens with one attached hydrogen (secondary N) is 1. The van der Waals surface area contributed by atoms with Gasteiger partial charge in [0.25, 0.3) is 10.0 Å². The van der Waals surface area contributed by atoms with Gasteiger partial charge in [-0.05, 0) is 18.8 Å². The van der Waals surface area contributed by atoms with Crippen LogP contribution in [-0.2, 0) is 21.9 Å². The van der Waals surface area contributed by atoms with Crippen LogP contribution in [0.5, 0.6) is 0 Å². The van der Waals surface area contributed by atoms with Crippen LogP contribution in [0.3, 0.4) is 0 Å². The van der Waals surface area contributed by atoms with E-state index in [2.05, 4.69) is 9.82 Å². The molecule has 0 aliphatic carbocycles. The van der Waals surface area contributed by atoms with Crippen LogP contribution in [0.25, 0.3) is 0 Å². The standard InChI is InChI=1S/C11H18ClN3O4S/c1-8(3-4-10(16)17)5-6-14-20(18,19)11-9(12)7-13-15(11)2/h7-8,14H,3-6H2,1-2H3,(H,16,17). The molecule has 0 saturated heterocycles. The van der Waals surface area contributed by atoms with E-state index in [1.807, 2.05) is 6.92 Å². The lowest BCUT2D eigenvalue weighted by Crippen LogP contribution is -2.28. The van der Waals surface area contributed by atoms with Gasteiger partial charge in [0.1, 0.15) is 0 Å². The van der Waals surface area contributed by atoms with Crippen molar-refractivity contribution in [3.8, 4) is 0 Å². The molecule has 0 radical (unpaired) electrons. The summed E-state index contributed by atoms with van der Waals surface area (Å²) in [5.74, 6) is -0.727. The predicted molar refractivity (Wildman–Crippen MR) is 74.1 cm³/mol. The lowest BCUT2D eigenvalue weighted by Gasteiger charge is -2.11. The first-order valence-electron chi connectivity index (χ1n) is 6.13. The Bertz CT molecular complexity index is 551. The van der Waals surface area contributed by atoms with Crippen molar-refractivity contribution in [2.75, 3.05) is 6.54 Å². The summed E-state index contributed by atoms with van der Waals surface area (Å²) in [6.45, 7) is 2.11. The fourth-order valence-electron chi connectivity index (χ4n) is 1.72. The highest BCUT2D eigenvalue weighted by molar-refractivity contribution is 7.89. The molecule has 0 bridgehead atoms. The fraction of sp³-hybridized carbons (Fsp3) is 0.636. The Balaban J connectivity index is 2.51. The number of halogens is 1. The van der Waals surface area contributed by atoms with E-state index in [1.165, 1.54) is 17.9 Å². The van der Waals surface area contributed by atoms with Crippen molar-refractivity contribution >= 4 is 27.6 Å². The molecule has 0 fully saturated rings. The molecular weight excluding hydrogens is 306 g/mol. The largest absolute Gasteiger partial charge is 0.481 e. The smallest absolute Gasteiger partial charge is 0.303 e. The molecule has 1 rings (SSSR count). The molecule has 1 atom stereocenters. The Kier molecular flexibility index (Phi) is 5.97. The molecule has 1 unspecified atom stereocenters. The maximum absolute atomic E-state index is 12.0. The summed E-state index contributed by atoms with van der Waals surface area (Å²) in [4.78, 5) is 10.4. The van der Waals surface area contributed by atoms with Crippen LogP contribution in [0.1, 0.15) is 26.2 Å². The number of aryl methyl sites for hydroxylation is 1. The number of carbonyl (C=O) groups is 1. The Morgan fingerprint density at radius 2 is 2.20 bits per heavy atom. The van der Waals surface area contributed by atoms with Crippen molar-refractivity contribution in [2.45, 2.75) is 31.2 Å². The third-order valence-electron chi connectivity index (χ3n) is 2.88. The monoisotopic (exact) mass is 323 g/mol. The summed E-state index contributed by atoms with van der Waals surface area (Å²) in [5, 5.41) is 12.3. The molecule has 0 aliphatic heterocycles. The molecule has 1 aromatic rings. The zero-order valence-electron chi connectivity index (χ0n) is 11.3. The van der Waals surface area contributed by atoms with E-state index in [0.717, 1.165) is 0 Å². The molecule has 1 heterocycles. The minimum absolute atomic E-state index is 0.0684. The topological polar surface area (TPSA) is 101 Å². The Hall–Kier alpha value is -1.12. The minimum Gasteiger partial charge on any atom is -0.481 e. The fourth-order valence-corrected chi connectivity index (χ4v) is 3.42. The summed E-state index contributed by atoms with van der Waals surface area (Å²) in [6.07, 6.45) is 2.43. The van der Waals surface area contributed by atoms with Gasteiger partial charge in [-0.15, -0.1) is 0 Å². The van der Waals surface area contributed by atoms with Crippen LogP contribution in [0, 0.1) is 5.92 Å². The molecule has 20 heavy (non-hydrogen) atoms. The lowest BCUT2D eigenvalue weighted by molar-refractivity contribution is -0.137. The maximum atomic E-state index is 12.0. The van der Waals surface area contributed by atoms with Crippen LogP contribution < -0.4 is 4.72 Å². The number of aliphatic carboxylic acids is 1. The molecule has 0 spiro atoms. The van der Waals surface area contributed by atoms with Crippen molar-refractivity contribution in [3.05, 3.63) is 11.2 Å². The molecule has 7 nitrogen and oxygen atoms in total. The second-order valence-electron chi connectivity index (χ2n) is 4.65. The number of nitrogens with zero attached hydrogens (tertiary/aromatic N) is 2. The highest BCUT2D eigenvalue weighted by Crippen LogP contribution is 2.19. The molecule has 114 valence electrons. The van der Waals surface area contributed by atoms with Crippen LogP contribution in [0.15, 0.2) is 11.2 Å². The second kappa shape index (κ2) is 7.05. The zero-order valence-corrected chi connectivity index (χ0v) is 12.9. The Morgan fingerprint density at radius 1 is 1.55 bits per heavy atom. The highest BCUT2D eigenvalue weighted by atomic mass is 35.5. The van der Waals surface area contributed by atoms with Gasteiger partial charge < -0.3 is 5.11 Å². The first-order chi connectivity index (χ1) is 9.24. The van der Waals surface area contributed by atoms with E-state index in [-0.39, 0.29) is 28.9 Å². The maximum Gasteiger partial charge on any atom is 0.303 e. The normalized spacial score (nSPS) is 13.3. The molecule has 0 amide bonds. The van der Waals surface area contributed by atoms with Crippen molar-refractivity contribution in [3.63, 3.8) is 0 Å². The van der Waals surface area contributed by atoms with E-state index in [1.54, 1.807) is 0 Å². The molecule has 9 heteroatoms. The molecule has 0 aromatic carbocycles. The van der Waals surface area contributed by atoms with Gasteiger partial charge in [0, 0.05) is 20.0 Å². The van der Waals surface area contributed by atoms with E-state index >= 15 is 0 Å². The van der Waals surface area contributed by atoms with Gasteiger partial charge in [-0.2, -0.15) is 5.10 Å². The highest BCUT2D eigenvalue weighted by Gasteiger charge is 2.22. The average Bonchev–Trinajstić information content (AvgIpc) is 2.66. The van der Waals surface area contributed by atoms with E-state index in [0.29, 0.717) is 12.8 Å². The second-order valence-corrected chi connectivity index (χ2v) is 6.73. The summed E-state index contributed by atoms with van der Waals surface area (Å²) in [6, 6.07) is 0. The number of hydrogen-bond acceptors (Lipinski definition) is 4. The van der Waals surface area contributed by atoms with Gasteiger partial charge in [-0.3, -0.25) is 9.48 Å². The van der Waals surface area contributed by atoms with Gasteiger partial charge in [0.15, 0.2) is 5.03 Å². The summed E-state index contributed by atoms with van der Waals surface area (Å²) < 4.78 is 27.7. The predicted octanol–water partition coefficient (Wildman–Crippen LogP) is 1.24. The van der Waals surface area contributed by atoms with E-state index in [9.17, 15) is 13.2 Å². The SMILES string of the molecule is CC(CCNS(=O)(=O)c1c(Cl)cnn1C)CCC(=O)O. The number of carboxylic acids is 1. The van der Waals surface area contributed by atoms with Gasteiger partial charge in [0.2, 0.25) is 0 Å². The van der Waals surface area contributed by atoms with Gasteiger partial charge in [-0.1, -0.05) is 18.5 Å². The number of hydrogen-bond donors (Lipinski definition) is 2. The lowest BCUT2D eigenvalue weighted by atomic mass is 10.0. The van der Waals surface area contributed by atoms with Gasteiger partial charge in [0.05, 0.1) is 11.2 Å². The number of aromatic nitrogens is 2. The Labute approximate surface area is 123 Å². The van der Waals surface area contributed by atoms with Crippen LogP contribution in [-0.4, -0.2) is 35.8 Å². The molecule has 2 N–H and O–H groups in total. The van der Waals surface area contributed by atoms with Crippen molar-refractivity contribution in [1.29, 1.82) is 0 Å². The van der Waals surface area contributed by atoms with Crippen molar-refractivity contribution in [2.24, 2.45) is 13.0 Å². The first-order valence-corrected chi connectivity index (χ1v) is 7.99. The van der Waals surface area contributed by atoms with E-state index in [4.69, 9.17) is 16.7 Å². The Morgan fingerprint density at radius 3 is 2.70 bits per heavy atom. The third-order valence-corrected chi connectivity index (χ3v) is 4.84. The van der Waals surface area contributed by atoms with Crippen LogP contribution >= 0.6 is 11.6 Å². The molecule has 1 aromatic heterocycles. The van der Waals surface area contributed by atoms with Crippen molar-refractivity contribution in [1.82, 2.24) is 14.5 Å². The van der Waals surface area contributed by atoms with E-state index < -0.39 is 16.0 Å².